The molecule has 126 valence electrons. The van der Waals surface area contributed by atoms with Gasteiger partial charge < -0.3 is 19.9 Å². The van der Waals surface area contributed by atoms with Crippen molar-refractivity contribution in [2.24, 2.45) is 0 Å². The van der Waals surface area contributed by atoms with Gasteiger partial charge in [-0.05, 0) is 25.1 Å². The number of carbonyl (C=O) groups is 2. The molecular formula is C15H19Cl2N3O3. The number of carbonyl (C=O) groups excluding carboxylic acids is 2. The smallest absolute Gasteiger partial charge is 0.325 e. The Bertz CT molecular complexity index is 575. The van der Waals surface area contributed by atoms with Gasteiger partial charge in [0.15, 0.2) is 0 Å². The van der Waals surface area contributed by atoms with Crippen molar-refractivity contribution in [1.29, 1.82) is 0 Å². The minimum Gasteiger partial charge on any atom is -0.465 e. The quantitative estimate of drug-likeness (QED) is 0.838. The van der Waals surface area contributed by atoms with Crippen molar-refractivity contribution in [2.75, 3.05) is 44.2 Å². The normalized spacial score (nSPS) is 14.6. The van der Waals surface area contributed by atoms with Gasteiger partial charge in [0.25, 0.3) is 0 Å². The summed E-state index contributed by atoms with van der Waals surface area (Å²) in [5.74, 6) is -0.435. The number of ether oxygens (including phenoxy) is 1. The van der Waals surface area contributed by atoms with E-state index >= 15 is 0 Å². The van der Waals surface area contributed by atoms with E-state index in [1.807, 2.05) is 12.1 Å². The number of benzene rings is 1. The Morgan fingerprint density at radius 1 is 1.17 bits per heavy atom. The maximum Gasteiger partial charge on any atom is 0.325 e. The molecule has 8 heteroatoms. The number of hydrogen-bond donors (Lipinski definition) is 1. The number of urea groups is 1. The summed E-state index contributed by atoms with van der Waals surface area (Å²) in [7, 11) is 0. The Labute approximate surface area is 145 Å². The molecule has 0 unspecified atom stereocenters. The van der Waals surface area contributed by atoms with E-state index in [4.69, 9.17) is 27.9 Å². The summed E-state index contributed by atoms with van der Waals surface area (Å²) in [5, 5.41) is 3.60. The van der Waals surface area contributed by atoms with Crippen molar-refractivity contribution < 1.29 is 14.3 Å². The van der Waals surface area contributed by atoms with Gasteiger partial charge in [-0.25, -0.2) is 4.79 Å². The molecule has 0 atom stereocenters. The van der Waals surface area contributed by atoms with Crippen LogP contribution in [0.1, 0.15) is 6.92 Å². The van der Waals surface area contributed by atoms with E-state index in [2.05, 4.69) is 10.2 Å². The molecule has 0 bridgehead atoms. The second-order valence-corrected chi connectivity index (χ2v) is 5.85. The summed E-state index contributed by atoms with van der Waals surface area (Å²) in [4.78, 5) is 27.0. The Morgan fingerprint density at radius 3 is 2.48 bits per heavy atom. The molecule has 1 aromatic rings. The molecule has 6 nitrogen and oxygen atoms in total. The zero-order valence-corrected chi connectivity index (χ0v) is 14.4. The van der Waals surface area contributed by atoms with Crippen molar-refractivity contribution in [3.8, 4) is 0 Å². The van der Waals surface area contributed by atoms with Crippen molar-refractivity contribution in [3.05, 3.63) is 28.2 Å². The number of piperazine rings is 1. The zero-order valence-electron chi connectivity index (χ0n) is 12.8. The van der Waals surface area contributed by atoms with Crippen LogP contribution in [0.25, 0.3) is 0 Å². The lowest BCUT2D eigenvalue weighted by Crippen LogP contribution is -2.52. The first-order chi connectivity index (χ1) is 11.0. The van der Waals surface area contributed by atoms with Crippen LogP contribution in [0.15, 0.2) is 18.2 Å². The van der Waals surface area contributed by atoms with E-state index in [1.165, 1.54) is 0 Å². The fraction of sp³-hybridized carbons (Fsp3) is 0.467. The first-order valence-corrected chi connectivity index (χ1v) is 8.15. The highest BCUT2D eigenvalue weighted by atomic mass is 35.5. The highest BCUT2D eigenvalue weighted by molar-refractivity contribution is 6.42. The van der Waals surface area contributed by atoms with Crippen LogP contribution >= 0.6 is 23.2 Å². The van der Waals surface area contributed by atoms with E-state index in [9.17, 15) is 9.59 Å². The molecule has 1 aliphatic rings. The van der Waals surface area contributed by atoms with Crippen LogP contribution < -0.4 is 10.2 Å². The third-order valence-corrected chi connectivity index (χ3v) is 4.26. The second-order valence-electron chi connectivity index (χ2n) is 5.04. The van der Waals surface area contributed by atoms with E-state index in [-0.39, 0.29) is 12.6 Å². The number of hydrogen-bond acceptors (Lipinski definition) is 4. The minimum atomic E-state index is -0.435. The van der Waals surface area contributed by atoms with E-state index < -0.39 is 5.97 Å². The number of nitrogens with one attached hydrogen (secondary N) is 1. The number of nitrogens with zero attached hydrogens (tertiary/aromatic N) is 2. The van der Waals surface area contributed by atoms with E-state index in [1.54, 1.807) is 17.9 Å². The van der Waals surface area contributed by atoms with Crippen LogP contribution in [0, 0.1) is 0 Å². The SMILES string of the molecule is CCOC(=O)CNC(=O)N1CCN(c2ccc(Cl)c(Cl)c2)CC1. The average molecular weight is 360 g/mol. The standard InChI is InChI=1S/C15H19Cl2N3O3/c1-2-23-14(21)10-18-15(22)20-7-5-19(6-8-20)11-3-4-12(16)13(17)9-11/h3-4,9H,2,5-8,10H2,1H3,(H,18,22). The largest absolute Gasteiger partial charge is 0.465 e. The number of esters is 1. The highest BCUT2D eigenvalue weighted by Crippen LogP contribution is 2.27. The summed E-state index contributed by atoms with van der Waals surface area (Å²) >= 11 is 11.9. The molecule has 23 heavy (non-hydrogen) atoms. The maximum absolute atomic E-state index is 12.0. The topological polar surface area (TPSA) is 61.9 Å². The van der Waals surface area contributed by atoms with Gasteiger partial charge >= 0.3 is 12.0 Å². The van der Waals surface area contributed by atoms with E-state index in [0.717, 1.165) is 5.69 Å². The first-order valence-electron chi connectivity index (χ1n) is 7.39. The lowest BCUT2D eigenvalue weighted by atomic mass is 10.2. The Hall–Kier alpha value is -1.66. The third-order valence-electron chi connectivity index (χ3n) is 3.52. The number of halogens is 2. The van der Waals surface area contributed by atoms with Gasteiger partial charge in [-0.2, -0.15) is 0 Å². The fourth-order valence-corrected chi connectivity index (χ4v) is 2.61. The summed E-state index contributed by atoms with van der Waals surface area (Å²) in [5.41, 5.74) is 0.978. The van der Waals surface area contributed by atoms with Crippen molar-refractivity contribution in [3.63, 3.8) is 0 Å². The molecular weight excluding hydrogens is 341 g/mol. The lowest BCUT2D eigenvalue weighted by Gasteiger charge is -2.36. The Morgan fingerprint density at radius 2 is 1.87 bits per heavy atom. The van der Waals surface area contributed by atoms with Crippen molar-refractivity contribution in [1.82, 2.24) is 10.2 Å². The number of amides is 2. The van der Waals surface area contributed by atoms with Gasteiger partial charge in [0.05, 0.1) is 16.7 Å². The monoisotopic (exact) mass is 359 g/mol. The van der Waals surface area contributed by atoms with Gasteiger partial charge in [0.2, 0.25) is 0 Å². The molecule has 2 amide bonds. The van der Waals surface area contributed by atoms with Gasteiger partial charge in [-0.1, -0.05) is 23.2 Å². The first kappa shape index (κ1) is 17.7. The molecule has 1 fully saturated rings. The molecule has 1 heterocycles. The Kier molecular flexibility index (Phi) is 6.36. The van der Waals surface area contributed by atoms with Crippen LogP contribution in [0.4, 0.5) is 10.5 Å². The van der Waals surface area contributed by atoms with Gasteiger partial charge in [0, 0.05) is 31.9 Å². The van der Waals surface area contributed by atoms with Crippen LogP contribution in [0.3, 0.4) is 0 Å². The van der Waals surface area contributed by atoms with Crippen molar-refractivity contribution in [2.45, 2.75) is 6.92 Å². The maximum atomic E-state index is 12.0. The molecule has 1 saturated heterocycles. The van der Waals surface area contributed by atoms with Crippen LogP contribution in [-0.4, -0.2) is 56.2 Å². The molecule has 1 N–H and O–H groups in total. The van der Waals surface area contributed by atoms with Crippen LogP contribution in [0.2, 0.25) is 10.0 Å². The van der Waals surface area contributed by atoms with Gasteiger partial charge in [0.1, 0.15) is 6.54 Å². The molecule has 0 spiro atoms. The average Bonchev–Trinajstić information content (AvgIpc) is 2.55. The Balaban J connectivity index is 1.82. The molecule has 1 aliphatic heterocycles. The van der Waals surface area contributed by atoms with Crippen molar-refractivity contribution >= 4 is 40.9 Å². The van der Waals surface area contributed by atoms with Gasteiger partial charge in [-0.15, -0.1) is 0 Å². The number of anilines is 1. The third kappa shape index (κ3) is 4.91. The molecule has 0 radical (unpaired) electrons. The van der Waals surface area contributed by atoms with Crippen LogP contribution in [0.5, 0.6) is 0 Å². The second kappa shape index (κ2) is 8.26. The predicted molar refractivity (Wildman–Crippen MR) is 90.3 cm³/mol. The number of rotatable bonds is 4. The molecule has 0 aromatic heterocycles. The predicted octanol–water partition coefficient (Wildman–Crippen LogP) is 2.39. The molecule has 0 aliphatic carbocycles. The summed E-state index contributed by atoms with van der Waals surface area (Å²) < 4.78 is 4.77. The lowest BCUT2D eigenvalue weighted by molar-refractivity contribution is -0.141. The molecule has 2 rings (SSSR count). The molecule has 0 saturated carbocycles. The minimum absolute atomic E-state index is 0.111. The summed E-state index contributed by atoms with van der Waals surface area (Å²) in [6.45, 7) is 4.41. The van der Waals surface area contributed by atoms with Crippen LogP contribution in [-0.2, 0) is 9.53 Å². The summed E-state index contributed by atoms with van der Waals surface area (Å²) in [6, 6.07) is 5.23. The van der Waals surface area contributed by atoms with Gasteiger partial charge in [-0.3, -0.25) is 4.79 Å². The zero-order chi connectivity index (χ0) is 16.8. The highest BCUT2D eigenvalue weighted by Gasteiger charge is 2.22. The molecule has 1 aromatic carbocycles. The summed E-state index contributed by atoms with van der Waals surface area (Å²) in [6.07, 6.45) is 0. The fourth-order valence-electron chi connectivity index (χ4n) is 2.32. The van der Waals surface area contributed by atoms with E-state index in [0.29, 0.717) is 42.8 Å².